The number of benzene rings is 1. The van der Waals surface area contributed by atoms with Gasteiger partial charge in [0.25, 0.3) is 0 Å². The van der Waals surface area contributed by atoms with Crippen LogP contribution in [0.3, 0.4) is 0 Å². The second-order valence-electron chi connectivity index (χ2n) is 5.32. The Kier molecular flexibility index (Phi) is 5.20. The van der Waals surface area contributed by atoms with Gasteiger partial charge in [-0.1, -0.05) is 12.1 Å². The van der Waals surface area contributed by atoms with Gasteiger partial charge in [0.2, 0.25) is 11.8 Å². The van der Waals surface area contributed by atoms with E-state index in [1.54, 1.807) is 11.9 Å². The molecule has 21 heavy (non-hydrogen) atoms. The van der Waals surface area contributed by atoms with Crippen molar-refractivity contribution in [1.82, 2.24) is 10.2 Å². The summed E-state index contributed by atoms with van der Waals surface area (Å²) in [6.45, 7) is 3.20. The molecule has 114 valence electrons. The first kappa shape index (κ1) is 15.4. The third kappa shape index (κ3) is 4.48. The third-order valence-corrected chi connectivity index (χ3v) is 3.58. The number of hydrogen-bond acceptors (Lipinski definition) is 3. The molecule has 0 unspecified atom stereocenters. The van der Waals surface area contributed by atoms with Crippen molar-refractivity contribution in [1.29, 1.82) is 0 Å². The van der Waals surface area contributed by atoms with Gasteiger partial charge in [-0.3, -0.25) is 9.59 Å². The van der Waals surface area contributed by atoms with Crippen LogP contribution < -0.4 is 10.1 Å². The zero-order valence-electron chi connectivity index (χ0n) is 12.6. The molecule has 0 bridgehead atoms. The number of hydrogen-bond donors (Lipinski definition) is 1. The molecule has 0 spiro atoms. The molecule has 1 heterocycles. The molecule has 1 fully saturated rings. The lowest BCUT2D eigenvalue weighted by Gasteiger charge is -2.12. The summed E-state index contributed by atoms with van der Waals surface area (Å²) in [5.74, 6) is 0.932. The minimum atomic E-state index is -0.0460. The predicted molar refractivity (Wildman–Crippen MR) is 80.1 cm³/mol. The van der Waals surface area contributed by atoms with E-state index in [2.05, 4.69) is 5.32 Å². The summed E-state index contributed by atoms with van der Waals surface area (Å²) in [4.78, 5) is 24.9. The number of rotatable bonds is 6. The molecule has 1 aromatic rings. The first-order valence-corrected chi connectivity index (χ1v) is 7.33. The molecule has 1 saturated heterocycles. The molecule has 1 aliphatic heterocycles. The number of nitrogens with zero attached hydrogens (tertiary/aromatic N) is 1. The van der Waals surface area contributed by atoms with Crippen LogP contribution in [0.2, 0.25) is 0 Å². The average Bonchev–Trinajstić information content (AvgIpc) is 2.77. The number of carbonyl (C=O) groups excluding carboxylic acids is 2. The maximum Gasteiger partial charge on any atom is 0.224 e. The maximum atomic E-state index is 11.9. The Balaban J connectivity index is 1.75. The third-order valence-electron chi connectivity index (χ3n) is 3.58. The van der Waals surface area contributed by atoms with Gasteiger partial charge in [0.1, 0.15) is 5.75 Å². The molecule has 0 aliphatic carbocycles. The van der Waals surface area contributed by atoms with Crippen LogP contribution in [0.4, 0.5) is 0 Å². The van der Waals surface area contributed by atoms with E-state index in [0.29, 0.717) is 32.4 Å². The van der Waals surface area contributed by atoms with Crippen molar-refractivity contribution in [2.45, 2.75) is 32.2 Å². The van der Waals surface area contributed by atoms with Crippen LogP contribution in [0.5, 0.6) is 5.75 Å². The summed E-state index contributed by atoms with van der Waals surface area (Å²) in [5.41, 5.74) is 1.10. The smallest absolute Gasteiger partial charge is 0.224 e. The van der Waals surface area contributed by atoms with Crippen molar-refractivity contribution in [2.75, 3.05) is 20.2 Å². The highest BCUT2D eigenvalue weighted by Gasteiger charge is 2.27. The largest absolute Gasteiger partial charge is 0.494 e. The zero-order valence-corrected chi connectivity index (χ0v) is 12.6. The molecule has 2 amide bonds. The number of likely N-dealkylation sites (tertiary alicyclic amines) is 1. The maximum absolute atomic E-state index is 11.9. The lowest BCUT2D eigenvalue weighted by molar-refractivity contribution is -0.126. The molecule has 2 rings (SSSR count). The SMILES string of the molecule is CCOc1ccc(CCC(=O)N[C@H]2CC(=O)N(C)C2)cc1. The highest BCUT2D eigenvalue weighted by atomic mass is 16.5. The minimum Gasteiger partial charge on any atom is -0.494 e. The van der Waals surface area contributed by atoms with Gasteiger partial charge in [-0.15, -0.1) is 0 Å². The summed E-state index contributed by atoms with van der Waals surface area (Å²) in [7, 11) is 1.76. The van der Waals surface area contributed by atoms with E-state index in [1.807, 2.05) is 31.2 Å². The quantitative estimate of drug-likeness (QED) is 0.860. The topological polar surface area (TPSA) is 58.6 Å². The molecular weight excluding hydrogens is 268 g/mol. The standard InChI is InChI=1S/C16H22N2O3/c1-3-21-14-7-4-12(5-8-14)6-9-15(19)17-13-10-16(20)18(2)11-13/h4-5,7-8,13H,3,6,9-11H2,1-2H3,(H,17,19)/t13-/m0/s1. The Morgan fingerprint density at radius 3 is 2.67 bits per heavy atom. The monoisotopic (exact) mass is 290 g/mol. The van der Waals surface area contributed by atoms with Crippen LogP contribution in [0.15, 0.2) is 24.3 Å². The molecule has 0 radical (unpaired) electrons. The number of carbonyl (C=O) groups is 2. The molecule has 1 N–H and O–H groups in total. The fourth-order valence-corrected chi connectivity index (χ4v) is 2.44. The van der Waals surface area contributed by atoms with Crippen LogP contribution in [-0.4, -0.2) is 43.0 Å². The van der Waals surface area contributed by atoms with Gasteiger partial charge in [-0.2, -0.15) is 0 Å². The number of nitrogens with one attached hydrogen (secondary N) is 1. The van der Waals surface area contributed by atoms with Crippen molar-refractivity contribution in [3.63, 3.8) is 0 Å². The average molecular weight is 290 g/mol. The van der Waals surface area contributed by atoms with Crippen LogP contribution in [0.25, 0.3) is 0 Å². The van der Waals surface area contributed by atoms with Gasteiger partial charge in [0.15, 0.2) is 0 Å². The van der Waals surface area contributed by atoms with E-state index in [9.17, 15) is 9.59 Å². The van der Waals surface area contributed by atoms with Crippen LogP contribution >= 0.6 is 0 Å². The van der Waals surface area contributed by atoms with Crippen molar-refractivity contribution < 1.29 is 14.3 Å². The Bertz CT molecular complexity index is 499. The van der Waals surface area contributed by atoms with E-state index in [-0.39, 0.29) is 17.9 Å². The van der Waals surface area contributed by atoms with Crippen LogP contribution in [0.1, 0.15) is 25.3 Å². The fourth-order valence-electron chi connectivity index (χ4n) is 2.44. The number of amides is 2. The minimum absolute atomic E-state index is 0.00279. The lowest BCUT2D eigenvalue weighted by Crippen LogP contribution is -2.36. The molecule has 0 aromatic heterocycles. The molecule has 5 nitrogen and oxygen atoms in total. The van der Waals surface area contributed by atoms with Crippen molar-refractivity contribution in [3.8, 4) is 5.75 Å². The van der Waals surface area contributed by atoms with E-state index < -0.39 is 0 Å². The second kappa shape index (κ2) is 7.11. The van der Waals surface area contributed by atoms with Crippen LogP contribution in [-0.2, 0) is 16.0 Å². The lowest BCUT2D eigenvalue weighted by atomic mass is 10.1. The Labute approximate surface area is 125 Å². The van der Waals surface area contributed by atoms with Crippen molar-refractivity contribution >= 4 is 11.8 Å². The van der Waals surface area contributed by atoms with E-state index in [4.69, 9.17) is 4.74 Å². The fraction of sp³-hybridized carbons (Fsp3) is 0.500. The molecule has 1 atom stereocenters. The summed E-state index contributed by atoms with van der Waals surface area (Å²) in [6.07, 6.45) is 1.53. The Morgan fingerprint density at radius 2 is 2.10 bits per heavy atom. The second-order valence-corrected chi connectivity index (χ2v) is 5.32. The normalized spacial score (nSPS) is 17.9. The predicted octanol–water partition coefficient (Wildman–Crippen LogP) is 1.36. The van der Waals surface area contributed by atoms with E-state index in [1.165, 1.54) is 0 Å². The van der Waals surface area contributed by atoms with E-state index in [0.717, 1.165) is 11.3 Å². The van der Waals surface area contributed by atoms with Gasteiger partial charge < -0.3 is 15.0 Å². The van der Waals surface area contributed by atoms with E-state index >= 15 is 0 Å². The molecule has 1 aromatic carbocycles. The number of ether oxygens (including phenoxy) is 1. The van der Waals surface area contributed by atoms with Gasteiger partial charge >= 0.3 is 0 Å². The number of likely N-dealkylation sites (N-methyl/N-ethyl adjacent to an activating group) is 1. The Morgan fingerprint density at radius 1 is 1.38 bits per heavy atom. The van der Waals surface area contributed by atoms with Crippen molar-refractivity contribution in [3.05, 3.63) is 29.8 Å². The highest BCUT2D eigenvalue weighted by molar-refractivity contribution is 5.82. The Hall–Kier alpha value is -2.04. The summed E-state index contributed by atoms with van der Waals surface area (Å²) in [5, 5.41) is 2.92. The number of aryl methyl sites for hydroxylation is 1. The highest BCUT2D eigenvalue weighted by Crippen LogP contribution is 2.13. The van der Waals surface area contributed by atoms with Crippen molar-refractivity contribution in [2.24, 2.45) is 0 Å². The summed E-state index contributed by atoms with van der Waals surface area (Å²) < 4.78 is 5.38. The first-order chi connectivity index (χ1) is 10.1. The van der Waals surface area contributed by atoms with Crippen LogP contribution in [0, 0.1) is 0 Å². The summed E-state index contributed by atoms with van der Waals surface area (Å²) in [6, 6.07) is 7.74. The molecule has 0 saturated carbocycles. The van der Waals surface area contributed by atoms with Gasteiger partial charge in [-0.05, 0) is 31.0 Å². The first-order valence-electron chi connectivity index (χ1n) is 7.33. The van der Waals surface area contributed by atoms with Gasteiger partial charge in [-0.25, -0.2) is 0 Å². The molecule has 5 heteroatoms. The summed E-state index contributed by atoms with van der Waals surface area (Å²) >= 11 is 0. The molecule has 1 aliphatic rings. The van der Waals surface area contributed by atoms with Gasteiger partial charge in [0, 0.05) is 26.4 Å². The molecular formula is C16H22N2O3. The van der Waals surface area contributed by atoms with Gasteiger partial charge in [0.05, 0.1) is 12.6 Å². The zero-order chi connectivity index (χ0) is 15.2.